The Morgan fingerprint density at radius 2 is 1.90 bits per heavy atom. The van der Waals surface area contributed by atoms with Crippen LogP contribution in [0.5, 0.6) is 17.2 Å². The summed E-state index contributed by atoms with van der Waals surface area (Å²) >= 11 is 0. The van der Waals surface area contributed by atoms with E-state index in [1.54, 1.807) is 30.3 Å². The number of phenolic OH excluding ortho intramolecular Hbond substituents is 1. The third-order valence-electron chi connectivity index (χ3n) is 5.62. The number of amides is 1. The van der Waals surface area contributed by atoms with Crippen molar-refractivity contribution in [2.24, 2.45) is 0 Å². The third-order valence-corrected chi connectivity index (χ3v) is 5.62. The van der Waals surface area contributed by atoms with Gasteiger partial charge < -0.3 is 24.2 Å². The number of esters is 1. The first-order valence-corrected chi connectivity index (χ1v) is 10.0. The van der Waals surface area contributed by atoms with E-state index in [2.05, 4.69) is 13.8 Å². The van der Waals surface area contributed by atoms with Crippen molar-refractivity contribution in [2.45, 2.75) is 39.2 Å². The molecule has 2 aromatic carbocycles. The van der Waals surface area contributed by atoms with Gasteiger partial charge in [-0.2, -0.15) is 0 Å². The van der Waals surface area contributed by atoms with Gasteiger partial charge in [-0.3, -0.25) is 4.79 Å². The number of hydrogen-bond acceptors (Lipinski definition) is 6. The van der Waals surface area contributed by atoms with Crippen molar-refractivity contribution in [3.05, 3.63) is 47.5 Å². The van der Waals surface area contributed by atoms with Crippen molar-refractivity contribution in [1.82, 2.24) is 0 Å². The third kappa shape index (κ3) is 4.11. The lowest BCUT2D eigenvalue weighted by Crippen LogP contribution is -2.36. The molecular formula is C23H27NO6. The monoisotopic (exact) mass is 413 g/mol. The minimum Gasteiger partial charge on any atom is -0.507 e. The van der Waals surface area contributed by atoms with E-state index in [1.165, 1.54) is 18.1 Å². The minimum atomic E-state index is -0.518. The molecule has 0 unspecified atom stereocenters. The van der Waals surface area contributed by atoms with Gasteiger partial charge in [0.25, 0.3) is 5.91 Å². The van der Waals surface area contributed by atoms with Crippen LogP contribution in [0.25, 0.3) is 0 Å². The zero-order valence-corrected chi connectivity index (χ0v) is 17.7. The molecule has 1 N–H and O–H groups in total. The van der Waals surface area contributed by atoms with E-state index >= 15 is 0 Å². The number of fused-ring (bicyclic) bond motifs is 2. The molecule has 0 saturated carbocycles. The average molecular weight is 413 g/mol. The topological polar surface area (TPSA) is 85.3 Å². The van der Waals surface area contributed by atoms with Crippen LogP contribution < -0.4 is 9.64 Å². The van der Waals surface area contributed by atoms with Crippen LogP contribution in [-0.2, 0) is 9.47 Å². The molecule has 0 atom stereocenters. The van der Waals surface area contributed by atoms with Crippen molar-refractivity contribution in [3.8, 4) is 17.2 Å². The molecule has 0 bridgehead atoms. The van der Waals surface area contributed by atoms with Crippen molar-refractivity contribution >= 4 is 17.6 Å². The quantitative estimate of drug-likeness (QED) is 0.672. The summed E-state index contributed by atoms with van der Waals surface area (Å²) in [6.07, 6.45) is 1.68. The van der Waals surface area contributed by atoms with Crippen LogP contribution in [0.1, 0.15) is 54.3 Å². The number of anilines is 1. The van der Waals surface area contributed by atoms with Gasteiger partial charge in [-0.15, -0.1) is 0 Å². The fraction of sp³-hybridized carbons (Fsp3) is 0.391. The van der Waals surface area contributed by atoms with Gasteiger partial charge >= 0.3 is 5.97 Å². The standard InChI is InChI=1S/C23H27NO6/c1-5-23(3,6-2)29-13-12-24-16-14-15(22(27)28-4)10-11-18(16)30-19-9-7-8-17(25)20(19)21(24)26/h7-11,14,25H,5-6,12-13H2,1-4H3. The second-order valence-corrected chi connectivity index (χ2v) is 7.39. The smallest absolute Gasteiger partial charge is 0.337 e. The first-order valence-electron chi connectivity index (χ1n) is 10.0. The highest BCUT2D eigenvalue weighted by Crippen LogP contribution is 2.42. The Morgan fingerprint density at radius 3 is 2.57 bits per heavy atom. The summed E-state index contributed by atoms with van der Waals surface area (Å²) in [6, 6.07) is 9.41. The molecule has 7 heteroatoms. The van der Waals surface area contributed by atoms with Crippen LogP contribution in [0.4, 0.5) is 5.69 Å². The molecule has 0 fully saturated rings. The second-order valence-electron chi connectivity index (χ2n) is 7.39. The van der Waals surface area contributed by atoms with Gasteiger partial charge in [0.1, 0.15) is 17.1 Å². The molecule has 160 valence electrons. The number of rotatable bonds is 7. The highest BCUT2D eigenvalue weighted by molar-refractivity contribution is 6.11. The maximum absolute atomic E-state index is 13.4. The number of benzene rings is 2. The molecule has 3 rings (SSSR count). The Labute approximate surface area is 176 Å². The van der Waals surface area contributed by atoms with E-state index in [-0.39, 0.29) is 35.8 Å². The molecule has 2 aromatic rings. The highest BCUT2D eigenvalue weighted by Gasteiger charge is 2.32. The van der Waals surface area contributed by atoms with Crippen molar-refractivity contribution in [1.29, 1.82) is 0 Å². The SMILES string of the molecule is CCC(C)(CC)OCCN1C(=O)c2c(O)cccc2Oc2ccc(C(=O)OC)cc21. The Bertz CT molecular complexity index is 951. The Hall–Kier alpha value is -3.06. The molecule has 0 saturated heterocycles. The van der Waals surface area contributed by atoms with Crippen molar-refractivity contribution in [2.75, 3.05) is 25.2 Å². The van der Waals surface area contributed by atoms with Gasteiger partial charge in [-0.1, -0.05) is 19.9 Å². The number of carbonyl (C=O) groups excluding carboxylic acids is 2. The maximum Gasteiger partial charge on any atom is 0.337 e. The predicted molar refractivity (Wildman–Crippen MR) is 113 cm³/mol. The molecule has 0 aromatic heterocycles. The van der Waals surface area contributed by atoms with Crippen molar-refractivity contribution in [3.63, 3.8) is 0 Å². The second kappa shape index (κ2) is 8.75. The van der Waals surface area contributed by atoms with E-state index in [9.17, 15) is 14.7 Å². The lowest BCUT2D eigenvalue weighted by Gasteiger charge is -2.29. The van der Waals surface area contributed by atoms with Crippen LogP contribution in [-0.4, -0.2) is 42.8 Å². The van der Waals surface area contributed by atoms with Gasteiger partial charge in [0.15, 0.2) is 5.75 Å². The van der Waals surface area contributed by atoms with Crippen LogP contribution in [0.2, 0.25) is 0 Å². The van der Waals surface area contributed by atoms with Gasteiger partial charge in [0.2, 0.25) is 0 Å². The molecule has 1 aliphatic heterocycles. The predicted octanol–water partition coefficient (Wildman–Crippen LogP) is 4.53. The highest BCUT2D eigenvalue weighted by atomic mass is 16.5. The minimum absolute atomic E-state index is 0.0714. The average Bonchev–Trinajstić information content (AvgIpc) is 2.87. The molecule has 0 aliphatic carbocycles. The van der Waals surface area contributed by atoms with Gasteiger partial charge in [-0.05, 0) is 50.1 Å². The molecule has 1 aliphatic rings. The molecule has 30 heavy (non-hydrogen) atoms. The summed E-state index contributed by atoms with van der Waals surface area (Å²) in [7, 11) is 1.30. The molecule has 0 spiro atoms. The van der Waals surface area contributed by atoms with Crippen LogP contribution in [0.15, 0.2) is 36.4 Å². The van der Waals surface area contributed by atoms with E-state index < -0.39 is 11.9 Å². The molecule has 1 heterocycles. The number of carbonyl (C=O) groups is 2. The van der Waals surface area contributed by atoms with Gasteiger partial charge in [0, 0.05) is 6.54 Å². The Morgan fingerprint density at radius 1 is 1.17 bits per heavy atom. The zero-order valence-electron chi connectivity index (χ0n) is 17.7. The van der Waals surface area contributed by atoms with Gasteiger partial charge in [-0.25, -0.2) is 4.79 Å². The number of ether oxygens (including phenoxy) is 3. The summed E-state index contributed by atoms with van der Waals surface area (Å²) in [6.45, 7) is 6.66. The first-order chi connectivity index (χ1) is 14.3. The number of methoxy groups -OCH3 is 1. The molecular weight excluding hydrogens is 386 g/mol. The van der Waals surface area contributed by atoms with E-state index in [1.807, 2.05) is 6.92 Å². The zero-order chi connectivity index (χ0) is 21.9. The number of nitrogens with zero attached hydrogens (tertiary/aromatic N) is 1. The summed E-state index contributed by atoms with van der Waals surface area (Å²) < 4.78 is 16.8. The normalized spacial score (nSPS) is 13.2. The van der Waals surface area contributed by atoms with Crippen LogP contribution in [0, 0.1) is 0 Å². The number of aromatic hydroxyl groups is 1. The Kier molecular flexibility index (Phi) is 6.31. The summed E-state index contributed by atoms with van der Waals surface area (Å²) in [4.78, 5) is 26.9. The lowest BCUT2D eigenvalue weighted by atomic mass is 10.0. The van der Waals surface area contributed by atoms with Crippen LogP contribution >= 0.6 is 0 Å². The van der Waals surface area contributed by atoms with E-state index in [0.717, 1.165) is 12.8 Å². The largest absolute Gasteiger partial charge is 0.507 e. The maximum atomic E-state index is 13.4. The molecule has 0 radical (unpaired) electrons. The van der Waals surface area contributed by atoms with E-state index in [4.69, 9.17) is 14.2 Å². The first kappa shape index (κ1) is 21.6. The van der Waals surface area contributed by atoms with Gasteiger partial charge in [0.05, 0.1) is 30.6 Å². The summed E-state index contributed by atoms with van der Waals surface area (Å²) in [5.41, 5.74) is 0.488. The van der Waals surface area contributed by atoms with Crippen LogP contribution in [0.3, 0.4) is 0 Å². The number of phenols is 1. The molecule has 7 nitrogen and oxygen atoms in total. The summed E-state index contributed by atoms with van der Waals surface area (Å²) in [5, 5.41) is 10.3. The van der Waals surface area contributed by atoms with E-state index in [0.29, 0.717) is 17.0 Å². The number of hydrogen-bond donors (Lipinski definition) is 1. The fourth-order valence-electron chi connectivity index (χ4n) is 3.30. The fourth-order valence-corrected chi connectivity index (χ4v) is 3.30. The summed E-state index contributed by atoms with van der Waals surface area (Å²) in [5.74, 6) is -0.467. The van der Waals surface area contributed by atoms with Crippen molar-refractivity contribution < 1.29 is 28.9 Å². The lowest BCUT2D eigenvalue weighted by molar-refractivity contribution is -0.0332. The molecule has 1 amide bonds. The Balaban J connectivity index is 2.02.